The van der Waals surface area contributed by atoms with Crippen LogP contribution in [0, 0.1) is 0 Å². The van der Waals surface area contributed by atoms with Crippen molar-refractivity contribution >= 4 is 11.6 Å². The van der Waals surface area contributed by atoms with Crippen molar-refractivity contribution in [1.29, 1.82) is 0 Å². The molecule has 1 aromatic rings. The minimum absolute atomic E-state index is 0.125. The number of hydrogen-bond acceptors (Lipinski definition) is 3. The second-order valence-electron chi connectivity index (χ2n) is 2.86. The maximum Gasteiger partial charge on any atom is 0.255 e. The molecule has 68 valence electrons. The number of fused-ring (bicyclic) bond motifs is 1. The summed E-state index contributed by atoms with van der Waals surface area (Å²) in [4.78, 5) is 11.4. The van der Waals surface area contributed by atoms with Gasteiger partial charge in [-0.15, -0.1) is 0 Å². The number of carbonyl (C=O) groups is 1. The summed E-state index contributed by atoms with van der Waals surface area (Å²) in [6, 6.07) is 5.06. The fourth-order valence-corrected chi connectivity index (χ4v) is 1.27. The number of amides is 1. The Morgan fingerprint density at radius 2 is 2.31 bits per heavy atom. The first-order chi connectivity index (χ1) is 6.27. The second-order valence-corrected chi connectivity index (χ2v) is 2.86. The van der Waals surface area contributed by atoms with Crippen molar-refractivity contribution in [3.05, 3.63) is 23.8 Å². The molecule has 0 aliphatic carbocycles. The first-order valence-corrected chi connectivity index (χ1v) is 4.08. The van der Waals surface area contributed by atoms with Crippen LogP contribution < -0.4 is 15.8 Å². The number of hydrogen-bond donors (Lipinski definition) is 2. The maximum absolute atomic E-state index is 11.4. The van der Waals surface area contributed by atoms with E-state index in [2.05, 4.69) is 5.32 Å². The summed E-state index contributed by atoms with van der Waals surface area (Å²) >= 11 is 0. The standard InChI is InChI=1S/C9H10N2O2/c10-6-1-2-8-7(5-6)9(12)11-3-4-13-8/h1-2,5H,3-4,10H2,(H,11,12). The van der Waals surface area contributed by atoms with E-state index in [1.807, 2.05) is 0 Å². The average molecular weight is 178 g/mol. The molecule has 4 nitrogen and oxygen atoms in total. The molecule has 0 saturated heterocycles. The van der Waals surface area contributed by atoms with E-state index in [4.69, 9.17) is 10.5 Å². The topological polar surface area (TPSA) is 64.4 Å². The molecule has 1 aromatic carbocycles. The molecular formula is C9H10N2O2. The molecule has 0 spiro atoms. The van der Waals surface area contributed by atoms with Gasteiger partial charge in [-0.1, -0.05) is 0 Å². The molecule has 1 amide bonds. The fraction of sp³-hybridized carbons (Fsp3) is 0.222. The predicted molar refractivity (Wildman–Crippen MR) is 48.7 cm³/mol. The molecule has 2 rings (SSSR count). The SMILES string of the molecule is Nc1ccc2c(c1)C(=O)NCCO2. The Morgan fingerprint density at radius 1 is 1.46 bits per heavy atom. The van der Waals surface area contributed by atoms with E-state index in [1.54, 1.807) is 18.2 Å². The van der Waals surface area contributed by atoms with Gasteiger partial charge in [-0.05, 0) is 18.2 Å². The zero-order chi connectivity index (χ0) is 9.26. The third-order valence-electron chi connectivity index (χ3n) is 1.89. The number of rotatable bonds is 0. The molecule has 0 atom stereocenters. The lowest BCUT2D eigenvalue weighted by Crippen LogP contribution is -2.24. The minimum Gasteiger partial charge on any atom is -0.491 e. The van der Waals surface area contributed by atoms with Crippen LogP contribution in [0.3, 0.4) is 0 Å². The zero-order valence-electron chi connectivity index (χ0n) is 7.04. The monoisotopic (exact) mass is 178 g/mol. The van der Waals surface area contributed by atoms with E-state index < -0.39 is 0 Å². The van der Waals surface area contributed by atoms with Crippen LogP contribution in [0.25, 0.3) is 0 Å². The largest absolute Gasteiger partial charge is 0.491 e. The third kappa shape index (κ3) is 1.42. The van der Waals surface area contributed by atoms with E-state index in [-0.39, 0.29) is 5.91 Å². The molecule has 13 heavy (non-hydrogen) atoms. The van der Waals surface area contributed by atoms with Crippen molar-refractivity contribution in [1.82, 2.24) is 5.32 Å². The molecule has 1 aliphatic rings. The van der Waals surface area contributed by atoms with Gasteiger partial charge in [0.15, 0.2) is 0 Å². The molecule has 0 radical (unpaired) electrons. The molecule has 1 aliphatic heterocycles. The second kappa shape index (κ2) is 2.97. The highest BCUT2D eigenvalue weighted by Gasteiger charge is 2.15. The fourth-order valence-electron chi connectivity index (χ4n) is 1.27. The highest BCUT2D eigenvalue weighted by molar-refractivity contribution is 5.98. The molecule has 4 heteroatoms. The number of nitrogens with one attached hydrogen (secondary N) is 1. The van der Waals surface area contributed by atoms with Crippen molar-refractivity contribution in [3.8, 4) is 5.75 Å². The van der Waals surface area contributed by atoms with Crippen molar-refractivity contribution < 1.29 is 9.53 Å². The lowest BCUT2D eigenvalue weighted by atomic mass is 10.1. The van der Waals surface area contributed by atoms with Gasteiger partial charge in [0, 0.05) is 5.69 Å². The van der Waals surface area contributed by atoms with E-state index in [1.165, 1.54) is 0 Å². The highest BCUT2D eigenvalue weighted by atomic mass is 16.5. The van der Waals surface area contributed by atoms with Crippen LogP contribution in [0.1, 0.15) is 10.4 Å². The van der Waals surface area contributed by atoms with Crippen LogP contribution in [0.5, 0.6) is 5.75 Å². The summed E-state index contributed by atoms with van der Waals surface area (Å²) in [5.74, 6) is 0.476. The maximum atomic E-state index is 11.4. The Hall–Kier alpha value is -1.71. The number of anilines is 1. The quantitative estimate of drug-likeness (QED) is 0.565. The van der Waals surface area contributed by atoms with Gasteiger partial charge >= 0.3 is 0 Å². The number of benzene rings is 1. The third-order valence-corrected chi connectivity index (χ3v) is 1.89. The molecule has 0 aromatic heterocycles. The lowest BCUT2D eigenvalue weighted by molar-refractivity contribution is 0.0957. The van der Waals surface area contributed by atoms with Gasteiger partial charge in [0.2, 0.25) is 0 Å². The number of carbonyl (C=O) groups excluding carboxylic acids is 1. The normalized spacial score (nSPS) is 15.2. The van der Waals surface area contributed by atoms with Crippen LogP contribution in [-0.4, -0.2) is 19.1 Å². The first-order valence-electron chi connectivity index (χ1n) is 4.08. The van der Waals surface area contributed by atoms with Crippen molar-refractivity contribution in [3.63, 3.8) is 0 Å². The summed E-state index contributed by atoms with van der Waals surface area (Å²) < 4.78 is 5.33. The Morgan fingerprint density at radius 3 is 3.15 bits per heavy atom. The van der Waals surface area contributed by atoms with Crippen LogP contribution >= 0.6 is 0 Å². The Balaban J connectivity index is 2.49. The Kier molecular flexibility index (Phi) is 1.81. The molecule has 0 fully saturated rings. The van der Waals surface area contributed by atoms with Crippen LogP contribution in [0.15, 0.2) is 18.2 Å². The summed E-state index contributed by atoms with van der Waals surface area (Å²) in [5, 5.41) is 2.71. The van der Waals surface area contributed by atoms with Crippen LogP contribution in [-0.2, 0) is 0 Å². The van der Waals surface area contributed by atoms with E-state index in [0.29, 0.717) is 30.2 Å². The Bertz CT molecular complexity index is 349. The summed E-state index contributed by atoms with van der Waals surface area (Å²) in [5.41, 5.74) is 6.64. The molecule has 1 heterocycles. The van der Waals surface area contributed by atoms with Crippen molar-refractivity contribution in [2.24, 2.45) is 0 Å². The molecule has 3 N–H and O–H groups in total. The number of ether oxygens (including phenoxy) is 1. The number of nitrogen functional groups attached to an aromatic ring is 1. The van der Waals surface area contributed by atoms with Gasteiger partial charge in [-0.2, -0.15) is 0 Å². The predicted octanol–water partition coefficient (Wildman–Crippen LogP) is 0.391. The molecule has 0 bridgehead atoms. The van der Waals surface area contributed by atoms with Crippen molar-refractivity contribution in [2.45, 2.75) is 0 Å². The lowest BCUT2D eigenvalue weighted by Gasteiger charge is -2.04. The summed E-state index contributed by atoms with van der Waals surface area (Å²) in [6.07, 6.45) is 0. The average Bonchev–Trinajstić information content (AvgIpc) is 2.29. The van der Waals surface area contributed by atoms with Gasteiger partial charge in [-0.3, -0.25) is 4.79 Å². The highest BCUT2D eigenvalue weighted by Crippen LogP contribution is 2.22. The van der Waals surface area contributed by atoms with E-state index in [9.17, 15) is 4.79 Å². The Labute approximate surface area is 75.7 Å². The van der Waals surface area contributed by atoms with Gasteiger partial charge in [0.1, 0.15) is 12.4 Å². The minimum atomic E-state index is -0.125. The van der Waals surface area contributed by atoms with Crippen LogP contribution in [0.2, 0.25) is 0 Å². The van der Waals surface area contributed by atoms with Gasteiger partial charge in [0.25, 0.3) is 5.91 Å². The van der Waals surface area contributed by atoms with E-state index >= 15 is 0 Å². The van der Waals surface area contributed by atoms with Crippen LogP contribution in [0.4, 0.5) is 5.69 Å². The molecular weight excluding hydrogens is 168 g/mol. The van der Waals surface area contributed by atoms with Gasteiger partial charge in [0.05, 0.1) is 12.1 Å². The smallest absolute Gasteiger partial charge is 0.255 e. The first kappa shape index (κ1) is 7.91. The van der Waals surface area contributed by atoms with Gasteiger partial charge in [-0.25, -0.2) is 0 Å². The molecule has 0 saturated carbocycles. The van der Waals surface area contributed by atoms with Gasteiger partial charge < -0.3 is 15.8 Å². The summed E-state index contributed by atoms with van der Waals surface area (Å²) in [7, 11) is 0. The van der Waals surface area contributed by atoms with Crippen molar-refractivity contribution in [2.75, 3.05) is 18.9 Å². The zero-order valence-corrected chi connectivity index (χ0v) is 7.04. The van der Waals surface area contributed by atoms with E-state index in [0.717, 1.165) is 0 Å². The number of nitrogens with two attached hydrogens (primary N) is 1. The summed E-state index contributed by atoms with van der Waals surface area (Å²) in [6.45, 7) is 1.04. The molecule has 0 unspecified atom stereocenters.